The molecular weight excluding hydrogens is 320 g/mol. The van der Waals surface area contributed by atoms with Crippen molar-refractivity contribution in [3.63, 3.8) is 0 Å². The van der Waals surface area contributed by atoms with Crippen LogP contribution in [0.3, 0.4) is 0 Å². The first-order valence-electron chi connectivity index (χ1n) is 10.0. The summed E-state index contributed by atoms with van der Waals surface area (Å²) in [5, 5.41) is 9.83. The van der Waals surface area contributed by atoms with Gasteiger partial charge in [0.15, 0.2) is 5.82 Å². The molecule has 0 aromatic carbocycles. The van der Waals surface area contributed by atoms with Crippen LogP contribution in [0.4, 0.5) is 0 Å². The molecule has 2 aliphatic rings. The van der Waals surface area contributed by atoms with Crippen LogP contribution in [0.2, 0.25) is 0 Å². The quantitative estimate of drug-likeness (QED) is 0.715. The lowest BCUT2D eigenvalue weighted by Crippen LogP contribution is -2.08. The molecule has 4 rings (SSSR count). The Bertz CT molecular complexity index is 869. The molecule has 0 radical (unpaired) electrons. The standard InChI is InChI=1S/C22H28N4/c1-16-12-18(17(2)26(16)20-8-5-6-9-20)13-19(14-23)22-24-15-21-10-4-3-7-11-25(21)22/h12-13,15,20H,3-11H2,1-2H3. The fraction of sp³-hybridized carbons (Fsp3) is 0.545. The monoisotopic (exact) mass is 348 g/mol. The van der Waals surface area contributed by atoms with E-state index in [1.807, 2.05) is 12.3 Å². The minimum absolute atomic E-state index is 0.630. The summed E-state index contributed by atoms with van der Waals surface area (Å²) in [5.74, 6) is 0.843. The number of aryl methyl sites for hydroxylation is 2. The van der Waals surface area contributed by atoms with Gasteiger partial charge in [-0.05, 0) is 63.7 Å². The van der Waals surface area contributed by atoms with Gasteiger partial charge in [-0.2, -0.15) is 5.26 Å². The molecular formula is C22H28N4. The molecule has 136 valence electrons. The second kappa shape index (κ2) is 7.15. The predicted octanol–water partition coefficient (Wildman–Crippen LogP) is 5.21. The van der Waals surface area contributed by atoms with E-state index in [1.54, 1.807) is 0 Å². The molecule has 0 saturated heterocycles. The number of hydrogen-bond acceptors (Lipinski definition) is 2. The Hall–Kier alpha value is -2.28. The zero-order chi connectivity index (χ0) is 18.1. The fourth-order valence-electron chi connectivity index (χ4n) is 4.80. The Morgan fingerprint density at radius 2 is 2.00 bits per heavy atom. The van der Waals surface area contributed by atoms with Crippen LogP contribution in [0.25, 0.3) is 11.6 Å². The Kier molecular flexibility index (Phi) is 4.72. The van der Waals surface area contributed by atoms with E-state index in [1.165, 1.54) is 62.0 Å². The van der Waals surface area contributed by atoms with Crippen LogP contribution < -0.4 is 0 Å². The molecule has 1 aliphatic heterocycles. The van der Waals surface area contributed by atoms with Crippen LogP contribution in [0, 0.1) is 25.2 Å². The van der Waals surface area contributed by atoms with Crippen molar-refractivity contribution in [1.82, 2.24) is 14.1 Å². The van der Waals surface area contributed by atoms with Gasteiger partial charge in [0.05, 0.1) is 5.57 Å². The van der Waals surface area contributed by atoms with Crippen molar-refractivity contribution in [2.24, 2.45) is 0 Å². The van der Waals surface area contributed by atoms with Gasteiger partial charge in [-0.15, -0.1) is 0 Å². The van der Waals surface area contributed by atoms with Crippen molar-refractivity contribution in [1.29, 1.82) is 5.26 Å². The first-order chi connectivity index (χ1) is 12.7. The minimum Gasteiger partial charge on any atom is -0.346 e. The van der Waals surface area contributed by atoms with Gasteiger partial charge in [0.1, 0.15) is 6.07 Å². The summed E-state index contributed by atoms with van der Waals surface area (Å²) in [6.45, 7) is 5.36. The Balaban J connectivity index is 1.72. The summed E-state index contributed by atoms with van der Waals surface area (Å²) in [6.07, 6.45) is 14.0. The van der Waals surface area contributed by atoms with E-state index in [2.05, 4.69) is 40.1 Å². The molecule has 26 heavy (non-hydrogen) atoms. The van der Waals surface area contributed by atoms with Gasteiger partial charge < -0.3 is 9.13 Å². The van der Waals surface area contributed by atoms with Crippen LogP contribution >= 0.6 is 0 Å². The van der Waals surface area contributed by atoms with Gasteiger partial charge in [0.25, 0.3) is 0 Å². The molecule has 0 bridgehead atoms. The largest absolute Gasteiger partial charge is 0.346 e. The molecule has 3 heterocycles. The molecule has 4 nitrogen and oxygen atoms in total. The van der Waals surface area contributed by atoms with Crippen LogP contribution in [0.1, 0.15) is 79.5 Å². The van der Waals surface area contributed by atoms with Gasteiger partial charge in [-0.1, -0.05) is 19.3 Å². The van der Waals surface area contributed by atoms with Gasteiger partial charge in [-0.25, -0.2) is 4.98 Å². The lowest BCUT2D eigenvalue weighted by Gasteiger charge is -2.17. The summed E-state index contributed by atoms with van der Waals surface area (Å²) in [4.78, 5) is 4.61. The topological polar surface area (TPSA) is 46.5 Å². The summed E-state index contributed by atoms with van der Waals surface area (Å²) < 4.78 is 4.75. The third-order valence-corrected chi connectivity index (χ3v) is 6.13. The molecule has 0 amide bonds. The molecule has 1 aliphatic carbocycles. The minimum atomic E-state index is 0.630. The molecule has 0 N–H and O–H groups in total. The summed E-state index contributed by atoms with van der Waals surface area (Å²) in [7, 11) is 0. The number of hydrogen-bond donors (Lipinski definition) is 0. The maximum Gasteiger partial charge on any atom is 0.150 e. The maximum atomic E-state index is 9.83. The predicted molar refractivity (Wildman–Crippen MR) is 105 cm³/mol. The van der Waals surface area contributed by atoms with E-state index >= 15 is 0 Å². The number of nitriles is 1. The lowest BCUT2D eigenvalue weighted by atomic mass is 10.1. The third kappa shape index (κ3) is 3.00. The van der Waals surface area contributed by atoms with E-state index in [-0.39, 0.29) is 0 Å². The van der Waals surface area contributed by atoms with E-state index in [0.29, 0.717) is 11.6 Å². The number of rotatable bonds is 3. The highest BCUT2D eigenvalue weighted by atomic mass is 15.1. The zero-order valence-corrected chi connectivity index (χ0v) is 16.0. The smallest absolute Gasteiger partial charge is 0.150 e. The van der Waals surface area contributed by atoms with Crippen molar-refractivity contribution in [3.8, 4) is 6.07 Å². The number of nitrogens with zero attached hydrogens (tertiary/aromatic N) is 4. The van der Waals surface area contributed by atoms with Crippen molar-refractivity contribution in [2.45, 2.75) is 77.8 Å². The molecule has 0 spiro atoms. The zero-order valence-electron chi connectivity index (χ0n) is 16.0. The van der Waals surface area contributed by atoms with Gasteiger partial charge in [-0.3, -0.25) is 0 Å². The van der Waals surface area contributed by atoms with E-state index in [0.717, 1.165) is 24.4 Å². The normalized spacial score (nSPS) is 18.6. The van der Waals surface area contributed by atoms with Crippen LogP contribution in [-0.4, -0.2) is 14.1 Å². The molecule has 1 fully saturated rings. The highest BCUT2D eigenvalue weighted by Crippen LogP contribution is 2.34. The number of allylic oxidation sites excluding steroid dienone is 1. The van der Waals surface area contributed by atoms with Gasteiger partial charge in [0, 0.05) is 35.9 Å². The molecule has 2 aromatic rings. The highest BCUT2D eigenvalue weighted by molar-refractivity contribution is 5.88. The first kappa shape index (κ1) is 17.1. The molecule has 0 unspecified atom stereocenters. The third-order valence-electron chi connectivity index (χ3n) is 6.13. The Labute approximate surface area is 156 Å². The molecule has 0 atom stereocenters. The Morgan fingerprint density at radius 3 is 2.77 bits per heavy atom. The molecule has 4 heteroatoms. The Morgan fingerprint density at radius 1 is 1.19 bits per heavy atom. The average molecular weight is 348 g/mol. The second-order valence-electron chi connectivity index (χ2n) is 7.84. The van der Waals surface area contributed by atoms with E-state index < -0.39 is 0 Å². The fourth-order valence-corrected chi connectivity index (χ4v) is 4.80. The SMILES string of the molecule is Cc1cc(C=C(C#N)c2ncc3n2CCCCC3)c(C)n1C1CCCC1. The molecule has 2 aromatic heterocycles. The first-order valence-corrected chi connectivity index (χ1v) is 10.0. The highest BCUT2D eigenvalue weighted by Gasteiger charge is 2.22. The van der Waals surface area contributed by atoms with Crippen molar-refractivity contribution in [2.75, 3.05) is 0 Å². The van der Waals surface area contributed by atoms with Crippen LogP contribution in [0.15, 0.2) is 12.3 Å². The summed E-state index contributed by atoms with van der Waals surface area (Å²) >= 11 is 0. The van der Waals surface area contributed by atoms with Crippen LogP contribution in [-0.2, 0) is 13.0 Å². The number of fused-ring (bicyclic) bond motifs is 1. The summed E-state index contributed by atoms with van der Waals surface area (Å²) in [6, 6.07) is 5.28. The van der Waals surface area contributed by atoms with Crippen molar-refractivity contribution < 1.29 is 0 Å². The molecule has 1 saturated carbocycles. The van der Waals surface area contributed by atoms with E-state index in [9.17, 15) is 5.26 Å². The van der Waals surface area contributed by atoms with E-state index in [4.69, 9.17) is 0 Å². The van der Waals surface area contributed by atoms with Crippen LogP contribution in [0.5, 0.6) is 0 Å². The van der Waals surface area contributed by atoms with Gasteiger partial charge in [0.2, 0.25) is 0 Å². The number of imidazole rings is 1. The van der Waals surface area contributed by atoms with Crippen molar-refractivity contribution >= 4 is 11.6 Å². The van der Waals surface area contributed by atoms with Crippen molar-refractivity contribution in [3.05, 3.63) is 40.7 Å². The average Bonchev–Trinajstić information content (AvgIpc) is 3.30. The maximum absolute atomic E-state index is 9.83. The second-order valence-corrected chi connectivity index (χ2v) is 7.84. The number of aromatic nitrogens is 3. The summed E-state index contributed by atoms with van der Waals surface area (Å²) in [5.41, 5.74) is 5.71. The van der Waals surface area contributed by atoms with Gasteiger partial charge >= 0.3 is 0 Å². The lowest BCUT2D eigenvalue weighted by molar-refractivity contribution is 0.500.